The molecule has 0 N–H and O–H groups in total. The zero-order valence-corrected chi connectivity index (χ0v) is 14.9. The van der Waals surface area contributed by atoms with Crippen molar-refractivity contribution < 1.29 is 13.3 Å². The van der Waals surface area contributed by atoms with E-state index < -0.39 is 14.9 Å². The third-order valence-corrected chi connectivity index (χ3v) is 6.15. The summed E-state index contributed by atoms with van der Waals surface area (Å²) in [5.74, 6) is 0. The van der Waals surface area contributed by atoms with Crippen molar-refractivity contribution in [3.8, 4) is 0 Å². The summed E-state index contributed by atoms with van der Waals surface area (Å²) in [7, 11) is -3.95. The van der Waals surface area contributed by atoms with E-state index >= 15 is 0 Å². The molecular formula is C13H7ClIN3O4S. The van der Waals surface area contributed by atoms with Gasteiger partial charge in [-0.15, -0.1) is 0 Å². The average molecular weight is 464 g/mol. The van der Waals surface area contributed by atoms with Gasteiger partial charge in [0.25, 0.3) is 15.7 Å². The maximum absolute atomic E-state index is 12.8. The largest absolute Gasteiger partial charge is 0.283 e. The molecule has 0 fully saturated rings. The maximum Gasteiger partial charge on any atom is 0.283 e. The van der Waals surface area contributed by atoms with Crippen LogP contribution in [0.1, 0.15) is 0 Å². The Morgan fingerprint density at radius 1 is 1.22 bits per heavy atom. The Kier molecular flexibility index (Phi) is 4.02. The highest BCUT2D eigenvalue weighted by atomic mass is 127. The van der Waals surface area contributed by atoms with Crippen LogP contribution in [0.4, 0.5) is 5.69 Å². The van der Waals surface area contributed by atoms with Gasteiger partial charge in [0, 0.05) is 0 Å². The number of benzene rings is 1. The third-order valence-electron chi connectivity index (χ3n) is 3.11. The zero-order chi connectivity index (χ0) is 16.8. The van der Waals surface area contributed by atoms with Gasteiger partial charge in [-0.25, -0.2) is 17.4 Å². The summed E-state index contributed by atoms with van der Waals surface area (Å²) in [6.45, 7) is 0. The zero-order valence-electron chi connectivity index (χ0n) is 11.2. The highest BCUT2D eigenvalue weighted by molar-refractivity contribution is 14.1. The lowest BCUT2D eigenvalue weighted by molar-refractivity contribution is -0.383. The van der Waals surface area contributed by atoms with Crippen LogP contribution in [0.2, 0.25) is 5.15 Å². The summed E-state index contributed by atoms with van der Waals surface area (Å²) < 4.78 is 26.9. The molecule has 1 aromatic carbocycles. The van der Waals surface area contributed by atoms with Crippen molar-refractivity contribution in [2.24, 2.45) is 0 Å². The minimum Gasteiger partial charge on any atom is -0.258 e. The first-order valence-electron chi connectivity index (χ1n) is 6.15. The van der Waals surface area contributed by atoms with Gasteiger partial charge in [-0.1, -0.05) is 29.8 Å². The normalized spacial score (nSPS) is 11.7. The molecule has 10 heteroatoms. The lowest BCUT2D eigenvalue weighted by Gasteiger charge is -2.08. The van der Waals surface area contributed by atoms with Crippen LogP contribution in [0.5, 0.6) is 0 Å². The van der Waals surface area contributed by atoms with Gasteiger partial charge in [-0.3, -0.25) is 10.1 Å². The van der Waals surface area contributed by atoms with Crippen LogP contribution in [-0.4, -0.2) is 22.3 Å². The van der Waals surface area contributed by atoms with Crippen molar-refractivity contribution in [3.63, 3.8) is 0 Å². The number of rotatable bonds is 3. The number of pyridine rings is 1. The fourth-order valence-electron chi connectivity index (χ4n) is 2.15. The molecule has 0 saturated heterocycles. The van der Waals surface area contributed by atoms with Crippen LogP contribution in [0.3, 0.4) is 0 Å². The van der Waals surface area contributed by atoms with Crippen LogP contribution in [-0.2, 0) is 10.0 Å². The van der Waals surface area contributed by atoms with E-state index in [1.165, 1.54) is 18.2 Å². The Morgan fingerprint density at radius 2 is 1.87 bits per heavy atom. The lowest BCUT2D eigenvalue weighted by Crippen LogP contribution is -2.15. The monoisotopic (exact) mass is 463 g/mol. The molecule has 2 aromatic heterocycles. The number of halogens is 2. The van der Waals surface area contributed by atoms with Gasteiger partial charge in [-0.2, -0.15) is 0 Å². The third kappa shape index (κ3) is 2.68. The van der Waals surface area contributed by atoms with E-state index in [0.717, 1.165) is 10.0 Å². The van der Waals surface area contributed by atoms with Gasteiger partial charge in [0.15, 0.2) is 5.65 Å². The van der Waals surface area contributed by atoms with E-state index in [1.54, 1.807) is 40.8 Å². The molecule has 118 valence electrons. The lowest BCUT2D eigenvalue weighted by atomic mass is 10.3. The predicted octanol–water partition coefficient (Wildman–Crippen LogP) is 3.44. The second-order valence-corrected chi connectivity index (χ2v) is 7.79. The second-order valence-electron chi connectivity index (χ2n) is 4.51. The van der Waals surface area contributed by atoms with Crippen molar-refractivity contribution in [2.75, 3.05) is 0 Å². The number of nitro groups is 1. The van der Waals surface area contributed by atoms with Crippen LogP contribution in [0, 0.1) is 13.8 Å². The Hall–Kier alpha value is -1.72. The summed E-state index contributed by atoms with van der Waals surface area (Å²) in [6, 6.07) is 10.3. The maximum atomic E-state index is 12.8. The Labute approximate surface area is 149 Å². The SMILES string of the molecule is O=[N+]([O-])c1cc(Cl)nc2c1cc(I)n2S(=O)(=O)c1ccccc1. The molecule has 0 unspecified atom stereocenters. The second kappa shape index (κ2) is 5.73. The van der Waals surface area contributed by atoms with Crippen molar-refractivity contribution in [1.82, 2.24) is 8.96 Å². The van der Waals surface area contributed by atoms with Gasteiger partial charge < -0.3 is 0 Å². The van der Waals surface area contributed by atoms with Crippen LogP contribution in [0.15, 0.2) is 47.4 Å². The van der Waals surface area contributed by atoms with Gasteiger partial charge in [0.2, 0.25) is 0 Å². The van der Waals surface area contributed by atoms with Crippen molar-refractivity contribution >= 4 is 60.9 Å². The smallest absolute Gasteiger partial charge is 0.258 e. The summed E-state index contributed by atoms with van der Waals surface area (Å²) in [5.41, 5.74) is -0.364. The predicted molar refractivity (Wildman–Crippen MR) is 93.1 cm³/mol. The molecule has 0 amide bonds. The topological polar surface area (TPSA) is 95.1 Å². The van der Waals surface area contributed by atoms with E-state index in [9.17, 15) is 18.5 Å². The molecule has 0 bridgehead atoms. The fraction of sp³-hybridized carbons (Fsp3) is 0. The van der Waals surface area contributed by atoms with Crippen molar-refractivity contribution in [2.45, 2.75) is 4.90 Å². The van der Waals surface area contributed by atoms with Crippen molar-refractivity contribution in [3.05, 3.63) is 61.4 Å². The molecule has 0 radical (unpaired) electrons. The molecule has 3 rings (SSSR count). The van der Waals surface area contributed by atoms with Crippen LogP contribution < -0.4 is 0 Å². The molecule has 2 heterocycles. The number of hydrogen-bond donors (Lipinski definition) is 0. The summed E-state index contributed by atoms with van der Waals surface area (Å²) >= 11 is 7.61. The van der Waals surface area contributed by atoms with E-state index in [1.807, 2.05) is 0 Å². The number of hydrogen-bond acceptors (Lipinski definition) is 5. The molecule has 7 nitrogen and oxygen atoms in total. The summed E-state index contributed by atoms with van der Waals surface area (Å²) in [6.07, 6.45) is 0. The van der Waals surface area contributed by atoms with Gasteiger partial charge in [0.05, 0.1) is 25.0 Å². The van der Waals surface area contributed by atoms with Crippen molar-refractivity contribution in [1.29, 1.82) is 0 Å². The molecule has 23 heavy (non-hydrogen) atoms. The molecule has 0 aliphatic carbocycles. The van der Waals surface area contributed by atoms with E-state index in [0.29, 0.717) is 0 Å². The number of aromatic nitrogens is 2. The average Bonchev–Trinajstić information content (AvgIpc) is 2.83. The Bertz CT molecular complexity index is 1030. The van der Waals surface area contributed by atoms with Crippen LogP contribution in [0.25, 0.3) is 11.0 Å². The Balaban J connectivity index is 2.40. The fourth-order valence-corrected chi connectivity index (χ4v) is 5.01. The van der Waals surface area contributed by atoms with E-state index in [4.69, 9.17) is 11.6 Å². The first kappa shape index (κ1) is 16.1. The van der Waals surface area contributed by atoms with Gasteiger partial charge in [0.1, 0.15) is 5.15 Å². The quantitative estimate of drug-likeness (QED) is 0.257. The van der Waals surface area contributed by atoms with E-state index in [2.05, 4.69) is 4.98 Å². The molecule has 0 spiro atoms. The minimum absolute atomic E-state index is 0.0554. The first-order chi connectivity index (χ1) is 10.8. The molecule has 3 aromatic rings. The first-order valence-corrected chi connectivity index (χ1v) is 9.04. The standard InChI is InChI=1S/C13H7ClIN3O4S/c14-11-7-10(18(19)20)9-6-12(15)17(13(9)16-11)23(21,22)8-4-2-1-3-5-8/h1-7H. The van der Waals surface area contributed by atoms with Gasteiger partial charge >= 0.3 is 0 Å². The molecule has 0 saturated carbocycles. The molecule has 0 atom stereocenters. The molecule has 0 aliphatic rings. The molecule has 0 aliphatic heterocycles. The summed E-state index contributed by atoms with van der Waals surface area (Å²) in [5, 5.41) is 11.1. The molecular weight excluding hydrogens is 457 g/mol. The Morgan fingerprint density at radius 3 is 2.48 bits per heavy atom. The van der Waals surface area contributed by atoms with Gasteiger partial charge in [-0.05, 0) is 40.8 Å². The number of nitrogens with zero attached hydrogens (tertiary/aromatic N) is 3. The van der Waals surface area contributed by atoms with E-state index in [-0.39, 0.29) is 30.5 Å². The number of fused-ring (bicyclic) bond motifs is 1. The summed E-state index contributed by atoms with van der Waals surface area (Å²) in [4.78, 5) is 14.6. The minimum atomic E-state index is -3.95. The van der Waals surface area contributed by atoms with Crippen LogP contribution >= 0.6 is 34.2 Å². The highest BCUT2D eigenvalue weighted by Crippen LogP contribution is 2.33. The highest BCUT2D eigenvalue weighted by Gasteiger charge is 2.27.